The van der Waals surface area contributed by atoms with Gasteiger partial charge in [-0.1, -0.05) is 37.6 Å². The van der Waals surface area contributed by atoms with E-state index < -0.39 is 0 Å². The molecule has 2 aliphatic heterocycles. The van der Waals surface area contributed by atoms with Crippen molar-refractivity contribution in [2.45, 2.75) is 45.1 Å². The molecule has 1 fully saturated rings. The Morgan fingerprint density at radius 2 is 1.81 bits per heavy atom. The van der Waals surface area contributed by atoms with Crippen molar-refractivity contribution in [2.75, 3.05) is 42.5 Å². The molecular formula is C27H34N4O. The predicted octanol–water partition coefficient (Wildman–Crippen LogP) is 4.83. The first-order valence-corrected chi connectivity index (χ1v) is 12.2. The Kier molecular flexibility index (Phi) is 6.17. The fourth-order valence-corrected chi connectivity index (χ4v) is 5.38. The molecule has 0 saturated carbocycles. The molecule has 1 amide bonds. The molecule has 1 N–H and O–H groups in total. The first-order valence-electron chi connectivity index (χ1n) is 12.2. The minimum absolute atomic E-state index is 0.272. The van der Waals surface area contributed by atoms with Crippen LogP contribution in [-0.4, -0.2) is 54.6 Å². The van der Waals surface area contributed by atoms with Crippen molar-refractivity contribution < 1.29 is 4.79 Å². The van der Waals surface area contributed by atoms with Crippen LogP contribution in [0.3, 0.4) is 0 Å². The molecule has 5 rings (SSSR count). The van der Waals surface area contributed by atoms with Crippen LogP contribution < -0.4 is 9.80 Å². The predicted molar refractivity (Wildman–Crippen MR) is 133 cm³/mol. The van der Waals surface area contributed by atoms with Crippen LogP contribution in [-0.2, 0) is 11.2 Å². The fourth-order valence-electron chi connectivity index (χ4n) is 5.38. The topological polar surface area (TPSA) is 42.6 Å². The Morgan fingerprint density at radius 1 is 1.00 bits per heavy atom. The molecule has 2 aliphatic rings. The highest BCUT2D eigenvalue weighted by atomic mass is 16.2. The zero-order chi connectivity index (χ0) is 21.9. The van der Waals surface area contributed by atoms with Gasteiger partial charge in [-0.3, -0.25) is 9.69 Å². The van der Waals surface area contributed by atoms with Crippen LogP contribution in [0.2, 0.25) is 0 Å². The molecule has 2 aromatic carbocycles. The van der Waals surface area contributed by atoms with Crippen molar-refractivity contribution in [2.24, 2.45) is 0 Å². The number of unbranched alkanes of at least 4 members (excludes halogenated alkanes) is 1. The number of nitrogens with zero attached hydrogens (tertiary/aromatic N) is 3. The van der Waals surface area contributed by atoms with Gasteiger partial charge in [0.15, 0.2) is 0 Å². The van der Waals surface area contributed by atoms with Gasteiger partial charge in [0.05, 0.1) is 0 Å². The second-order valence-electron chi connectivity index (χ2n) is 9.19. The second-order valence-corrected chi connectivity index (χ2v) is 9.19. The minimum atomic E-state index is 0.272. The maximum absolute atomic E-state index is 13.2. The quantitative estimate of drug-likeness (QED) is 0.609. The van der Waals surface area contributed by atoms with Crippen molar-refractivity contribution in [1.29, 1.82) is 0 Å². The van der Waals surface area contributed by atoms with Gasteiger partial charge in [0.25, 0.3) is 0 Å². The van der Waals surface area contributed by atoms with Gasteiger partial charge in [-0.25, -0.2) is 0 Å². The molecule has 1 unspecified atom stereocenters. The van der Waals surface area contributed by atoms with E-state index in [1.165, 1.54) is 22.2 Å². The SMILES string of the molecule is CCCCC(=O)N1c2ccccc2CCC1CN1CCN(c2cccc3[nH]ccc23)CC1. The summed E-state index contributed by atoms with van der Waals surface area (Å²) in [6.07, 6.45) is 6.81. The number of carbonyl (C=O) groups excluding carboxylic acids is 1. The number of hydrogen-bond acceptors (Lipinski definition) is 3. The van der Waals surface area contributed by atoms with Crippen molar-refractivity contribution >= 4 is 28.2 Å². The Bertz CT molecular complexity index is 1070. The van der Waals surface area contributed by atoms with E-state index >= 15 is 0 Å². The summed E-state index contributed by atoms with van der Waals surface area (Å²) < 4.78 is 0. The Hall–Kier alpha value is -2.79. The first-order chi connectivity index (χ1) is 15.7. The van der Waals surface area contributed by atoms with Crippen LogP contribution in [0.1, 0.15) is 38.2 Å². The lowest BCUT2D eigenvalue weighted by atomic mass is 9.94. The maximum Gasteiger partial charge on any atom is 0.227 e. The number of nitrogens with one attached hydrogen (secondary N) is 1. The summed E-state index contributed by atoms with van der Waals surface area (Å²) in [4.78, 5) is 23.7. The third-order valence-corrected chi connectivity index (χ3v) is 7.13. The lowest BCUT2D eigenvalue weighted by molar-refractivity contribution is -0.119. The van der Waals surface area contributed by atoms with Gasteiger partial charge in [-0.15, -0.1) is 0 Å². The molecule has 5 nitrogen and oxygen atoms in total. The van der Waals surface area contributed by atoms with Crippen molar-refractivity contribution in [3.8, 4) is 0 Å². The van der Waals surface area contributed by atoms with Crippen LogP contribution in [0.5, 0.6) is 0 Å². The van der Waals surface area contributed by atoms with Crippen molar-refractivity contribution in [1.82, 2.24) is 9.88 Å². The standard InChI is InChI=1S/C27H34N4O/c1-2-3-11-27(32)31-22(13-12-21-7-4-5-9-25(21)31)20-29-16-18-30(19-17-29)26-10-6-8-24-23(26)14-15-28-24/h4-10,14-15,22,28H,2-3,11-13,16-20H2,1H3. The summed E-state index contributed by atoms with van der Waals surface area (Å²) in [5.74, 6) is 0.293. The maximum atomic E-state index is 13.2. The first kappa shape index (κ1) is 21.1. The highest BCUT2D eigenvalue weighted by Gasteiger charge is 2.32. The number of anilines is 2. The molecule has 0 aliphatic carbocycles. The van der Waals surface area contributed by atoms with E-state index in [1.54, 1.807) is 0 Å². The number of hydrogen-bond donors (Lipinski definition) is 1. The van der Waals surface area contributed by atoms with Gasteiger partial charge in [0.2, 0.25) is 5.91 Å². The third kappa shape index (κ3) is 4.14. The molecular weight excluding hydrogens is 396 g/mol. The van der Waals surface area contributed by atoms with Crippen LogP contribution in [0.25, 0.3) is 10.9 Å². The van der Waals surface area contributed by atoms with E-state index in [0.29, 0.717) is 12.3 Å². The number of aryl methyl sites for hydroxylation is 1. The van der Waals surface area contributed by atoms with Gasteiger partial charge in [-0.05, 0) is 49.1 Å². The second kappa shape index (κ2) is 9.37. The number of H-pyrrole nitrogens is 1. The van der Waals surface area contributed by atoms with E-state index in [2.05, 4.69) is 75.1 Å². The number of para-hydroxylation sites is 1. The number of amides is 1. The normalized spacial score (nSPS) is 19.3. The van der Waals surface area contributed by atoms with Crippen LogP contribution in [0.15, 0.2) is 54.7 Å². The number of carbonyl (C=O) groups is 1. The van der Waals surface area contributed by atoms with Gasteiger partial charge >= 0.3 is 0 Å². The number of aromatic nitrogens is 1. The van der Waals surface area contributed by atoms with Gasteiger partial charge in [0, 0.05) is 73.7 Å². The Labute approximate surface area is 191 Å². The number of aromatic amines is 1. The van der Waals surface area contributed by atoms with E-state index in [0.717, 1.165) is 64.1 Å². The molecule has 3 heterocycles. The highest BCUT2D eigenvalue weighted by Crippen LogP contribution is 2.32. The van der Waals surface area contributed by atoms with Gasteiger partial charge < -0.3 is 14.8 Å². The summed E-state index contributed by atoms with van der Waals surface area (Å²) >= 11 is 0. The largest absolute Gasteiger partial charge is 0.368 e. The molecule has 1 aromatic heterocycles. The molecule has 168 valence electrons. The summed E-state index contributed by atoms with van der Waals surface area (Å²) in [7, 11) is 0. The van der Waals surface area contributed by atoms with Gasteiger partial charge in [0.1, 0.15) is 0 Å². The Balaban J connectivity index is 1.27. The minimum Gasteiger partial charge on any atom is -0.368 e. The summed E-state index contributed by atoms with van der Waals surface area (Å²) in [5.41, 5.74) is 4.99. The summed E-state index contributed by atoms with van der Waals surface area (Å²) in [5, 5.41) is 1.30. The number of benzene rings is 2. The van der Waals surface area contributed by atoms with E-state index in [9.17, 15) is 4.79 Å². The molecule has 1 atom stereocenters. The fraction of sp³-hybridized carbons (Fsp3) is 0.444. The number of fused-ring (bicyclic) bond motifs is 2. The van der Waals surface area contributed by atoms with Crippen LogP contribution in [0.4, 0.5) is 11.4 Å². The third-order valence-electron chi connectivity index (χ3n) is 7.13. The molecule has 32 heavy (non-hydrogen) atoms. The summed E-state index contributed by atoms with van der Waals surface area (Å²) in [6.45, 7) is 7.25. The number of rotatable bonds is 6. The molecule has 1 saturated heterocycles. The average Bonchev–Trinajstić information content (AvgIpc) is 3.32. The molecule has 0 bridgehead atoms. The van der Waals surface area contributed by atoms with E-state index in [1.807, 2.05) is 6.20 Å². The van der Waals surface area contributed by atoms with Crippen molar-refractivity contribution in [3.05, 3.63) is 60.3 Å². The van der Waals surface area contributed by atoms with Crippen LogP contribution >= 0.6 is 0 Å². The lowest BCUT2D eigenvalue weighted by Gasteiger charge is -2.42. The molecule has 3 aromatic rings. The van der Waals surface area contributed by atoms with Crippen molar-refractivity contribution in [3.63, 3.8) is 0 Å². The molecule has 5 heteroatoms. The summed E-state index contributed by atoms with van der Waals surface area (Å²) in [6, 6.07) is 17.5. The van der Waals surface area contributed by atoms with E-state index in [4.69, 9.17) is 0 Å². The lowest BCUT2D eigenvalue weighted by Crippen LogP contribution is -2.54. The zero-order valence-electron chi connectivity index (χ0n) is 19.1. The molecule has 0 radical (unpaired) electrons. The zero-order valence-corrected chi connectivity index (χ0v) is 19.1. The average molecular weight is 431 g/mol. The monoisotopic (exact) mass is 430 g/mol. The Morgan fingerprint density at radius 3 is 2.66 bits per heavy atom. The smallest absolute Gasteiger partial charge is 0.227 e. The van der Waals surface area contributed by atoms with Crippen LogP contribution in [0, 0.1) is 0 Å². The van der Waals surface area contributed by atoms with Gasteiger partial charge in [-0.2, -0.15) is 0 Å². The highest BCUT2D eigenvalue weighted by molar-refractivity contribution is 5.95. The number of piperazine rings is 1. The molecule has 0 spiro atoms. The van der Waals surface area contributed by atoms with E-state index in [-0.39, 0.29) is 6.04 Å².